The highest BCUT2D eigenvalue weighted by Crippen LogP contribution is 2.20. The van der Waals surface area contributed by atoms with Crippen molar-refractivity contribution in [2.24, 2.45) is 7.05 Å². The van der Waals surface area contributed by atoms with Gasteiger partial charge in [-0.3, -0.25) is 4.79 Å². The zero-order valence-electron chi connectivity index (χ0n) is 10.0. The number of benzene rings is 1. The lowest BCUT2D eigenvalue weighted by Crippen LogP contribution is -2.37. The molecule has 2 aromatic rings. The van der Waals surface area contributed by atoms with Crippen LogP contribution in [-0.4, -0.2) is 16.8 Å². The topological polar surface area (TPSA) is 70.0 Å². The van der Waals surface area contributed by atoms with E-state index in [4.69, 9.17) is 0 Å². The van der Waals surface area contributed by atoms with Crippen LogP contribution < -0.4 is 9.79 Å². The first-order valence-corrected chi connectivity index (χ1v) is 6.32. The molecule has 0 N–H and O–H groups in total. The number of thioether (sulfide) groups is 1. The summed E-state index contributed by atoms with van der Waals surface area (Å²) in [6, 6.07) is 7.84. The molecule has 94 valence electrons. The fraction of sp³-hybridized carbons (Fsp3) is 0.250. The molecule has 0 saturated carbocycles. The molecule has 0 unspecified atom stereocenters. The quantitative estimate of drug-likeness (QED) is 0.465. The third kappa shape index (κ3) is 2.70. The third-order valence-corrected chi connectivity index (χ3v) is 3.43. The van der Waals surface area contributed by atoms with E-state index in [0.717, 1.165) is 10.5 Å². The van der Waals surface area contributed by atoms with Gasteiger partial charge in [0.2, 0.25) is 5.78 Å². The molecule has 0 saturated heterocycles. The Balaban J connectivity index is 2.03. The van der Waals surface area contributed by atoms with Gasteiger partial charge in [0.15, 0.2) is 13.0 Å². The number of hydrogen-bond acceptors (Lipinski definition) is 5. The summed E-state index contributed by atoms with van der Waals surface area (Å²) in [5, 5.41) is 14.7. The van der Waals surface area contributed by atoms with Crippen LogP contribution in [0.2, 0.25) is 0 Å². The standard InChI is InChI=1S/C12H12N2O3S/c1-8-3-5-9(6-4-8)18-7-10(15)11-12(16)17-13-14(11)2/h3-6H,7H2,1-2H3. The Labute approximate surface area is 108 Å². The van der Waals surface area contributed by atoms with Gasteiger partial charge in [-0.2, -0.15) is 0 Å². The highest BCUT2D eigenvalue weighted by atomic mass is 32.2. The van der Waals surface area contributed by atoms with Gasteiger partial charge in [0.05, 0.1) is 11.0 Å². The first-order valence-electron chi connectivity index (χ1n) is 5.33. The number of aryl methyl sites for hydroxylation is 2. The summed E-state index contributed by atoms with van der Waals surface area (Å²) in [6.45, 7) is 2.00. The molecule has 5 nitrogen and oxygen atoms in total. The highest BCUT2D eigenvalue weighted by molar-refractivity contribution is 8.00. The van der Waals surface area contributed by atoms with Gasteiger partial charge in [-0.1, -0.05) is 22.4 Å². The molecule has 0 amide bonds. The zero-order chi connectivity index (χ0) is 13.1. The predicted molar refractivity (Wildman–Crippen MR) is 63.4 cm³/mol. The van der Waals surface area contributed by atoms with Gasteiger partial charge in [0.1, 0.15) is 0 Å². The van der Waals surface area contributed by atoms with Crippen molar-refractivity contribution in [3.63, 3.8) is 0 Å². The van der Waals surface area contributed by atoms with E-state index in [9.17, 15) is 9.90 Å². The molecule has 0 aliphatic carbocycles. The minimum absolute atomic E-state index is 0.0189. The van der Waals surface area contributed by atoms with Gasteiger partial charge in [0, 0.05) is 4.90 Å². The smallest absolute Gasteiger partial charge is 0.300 e. The normalized spacial score (nSPS) is 10.6. The van der Waals surface area contributed by atoms with Crippen molar-refractivity contribution in [2.45, 2.75) is 11.8 Å². The van der Waals surface area contributed by atoms with Crippen LogP contribution in [-0.2, 0) is 7.05 Å². The van der Waals surface area contributed by atoms with Crippen LogP contribution in [0.4, 0.5) is 0 Å². The van der Waals surface area contributed by atoms with Crippen molar-refractivity contribution in [2.75, 3.05) is 5.75 Å². The van der Waals surface area contributed by atoms with Crippen molar-refractivity contribution in [1.29, 1.82) is 0 Å². The molecule has 1 aromatic carbocycles. The number of carbonyl (C=O) groups is 1. The maximum absolute atomic E-state index is 11.8. The minimum atomic E-state index is -0.688. The number of Topliss-reactive ketones (excluding diaryl/α,β-unsaturated/α-hetero) is 1. The van der Waals surface area contributed by atoms with Crippen LogP contribution in [0.1, 0.15) is 16.1 Å². The van der Waals surface area contributed by atoms with Gasteiger partial charge in [0.25, 0.3) is 5.69 Å². The number of aromatic nitrogens is 2. The molecule has 0 atom stereocenters. The van der Waals surface area contributed by atoms with E-state index >= 15 is 0 Å². The summed E-state index contributed by atoms with van der Waals surface area (Å²) < 4.78 is 5.58. The van der Waals surface area contributed by atoms with E-state index in [-0.39, 0.29) is 17.2 Å². The number of hydrogen-bond donors (Lipinski definition) is 0. The second-order valence-electron chi connectivity index (χ2n) is 3.86. The SMILES string of the molecule is Cc1ccc(SCC(=O)c2c([O-])on[n+]2C)cc1. The third-order valence-electron chi connectivity index (χ3n) is 2.42. The zero-order valence-corrected chi connectivity index (χ0v) is 10.9. The molecule has 0 bridgehead atoms. The number of carbonyl (C=O) groups excluding carboxylic acids is 1. The van der Waals surface area contributed by atoms with Crippen LogP contribution in [0.15, 0.2) is 33.7 Å². The average Bonchev–Trinajstić information content (AvgIpc) is 2.68. The molecule has 1 heterocycles. The molecule has 6 heteroatoms. The van der Waals surface area contributed by atoms with Gasteiger partial charge >= 0.3 is 0 Å². The first kappa shape index (κ1) is 12.6. The molecule has 2 rings (SSSR count). The summed E-state index contributed by atoms with van der Waals surface area (Å²) in [5.74, 6) is -0.783. The first-order chi connectivity index (χ1) is 8.58. The summed E-state index contributed by atoms with van der Waals surface area (Å²) in [7, 11) is 1.51. The molecule has 0 aliphatic heterocycles. The minimum Gasteiger partial charge on any atom is -0.539 e. The Kier molecular flexibility index (Phi) is 3.66. The van der Waals surface area contributed by atoms with Crippen LogP contribution in [0.25, 0.3) is 0 Å². The fourth-order valence-electron chi connectivity index (χ4n) is 1.46. The molecule has 0 spiro atoms. The average molecular weight is 264 g/mol. The molecule has 1 aromatic heterocycles. The Morgan fingerprint density at radius 3 is 2.67 bits per heavy atom. The Morgan fingerprint density at radius 2 is 2.11 bits per heavy atom. The van der Waals surface area contributed by atoms with E-state index in [1.807, 2.05) is 31.2 Å². The molecule has 0 aliphatic rings. The molecular weight excluding hydrogens is 252 g/mol. The van der Waals surface area contributed by atoms with Crippen molar-refractivity contribution >= 4 is 17.5 Å². The maximum Gasteiger partial charge on any atom is 0.300 e. The van der Waals surface area contributed by atoms with E-state index in [2.05, 4.69) is 9.79 Å². The fourth-order valence-corrected chi connectivity index (χ4v) is 2.22. The van der Waals surface area contributed by atoms with E-state index in [1.54, 1.807) is 0 Å². The lowest BCUT2D eigenvalue weighted by molar-refractivity contribution is -0.741. The lowest BCUT2D eigenvalue weighted by atomic mass is 10.2. The van der Waals surface area contributed by atoms with Gasteiger partial charge in [-0.25, -0.2) is 0 Å². The molecular formula is C12H12N2O3S. The lowest BCUT2D eigenvalue weighted by Gasteiger charge is -2.00. The van der Waals surface area contributed by atoms with Gasteiger partial charge < -0.3 is 9.63 Å². The number of ketones is 1. The molecule has 18 heavy (non-hydrogen) atoms. The largest absolute Gasteiger partial charge is 0.539 e. The summed E-state index contributed by atoms with van der Waals surface area (Å²) in [4.78, 5) is 12.8. The van der Waals surface area contributed by atoms with Crippen molar-refractivity contribution in [3.8, 4) is 5.95 Å². The summed E-state index contributed by atoms with van der Waals surface area (Å²) in [5.41, 5.74) is 1.15. The van der Waals surface area contributed by atoms with Gasteiger partial charge in [-0.05, 0) is 19.1 Å². The highest BCUT2D eigenvalue weighted by Gasteiger charge is 2.22. The monoisotopic (exact) mass is 264 g/mol. The molecule has 0 radical (unpaired) electrons. The summed E-state index contributed by atoms with van der Waals surface area (Å²) in [6.07, 6.45) is 0. The maximum atomic E-state index is 11.8. The second kappa shape index (κ2) is 5.22. The number of rotatable bonds is 4. The van der Waals surface area contributed by atoms with Crippen LogP contribution in [0, 0.1) is 6.92 Å². The Hall–Kier alpha value is -1.82. The van der Waals surface area contributed by atoms with Crippen molar-refractivity contribution in [3.05, 3.63) is 35.5 Å². The summed E-state index contributed by atoms with van der Waals surface area (Å²) >= 11 is 1.38. The van der Waals surface area contributed by atoms with E-state index in [0.29, 0.717) is 0 Å². The van der Waals surface area contributed by atoms with Crippen LogP contribution in [0.5, 0.6) is 5.95 Å². The van der Waals surface area contributed by atoms with E-state index in [1.165, 1.54) is 23.5 Å². The number of nitrogens with zero attached hydrogens (tertiary/aromatic N) is 2. The Morgan fingerprint density at radius 1 is 1.44 bits per heavy atom. The van der Waals surface area contributed by atoms with Crippen LogP contribution in [0.3, 0.4) is 0 Å². The predicted octanol–water partition coefficient (Wildman–Crippen LogP) is 0.856. The van der Waals surface area contributed by atoms with Crippen molar-refractivity contribution in [1.82, 2.24) is 5.27 Å². The van der Waals surface area contributed by atoms with E-state index < -0.39 is 5.95 Å². The van der Waals surface area contributed by atoms with Crippen molar-refractivity contribution < 1.29 is 19.1 Å². The molecule has 0 fully saturated rings. The van der Waals surface area contributed by atoms with Gasteiger partial charge in [-0.15, -0.1) is 11.8 Å². The van der Waals surface area contributed by atoms with Crippen LogP contribution >= 0.6 is 11.8 Å². The second-order valence-corrected chi connectivity index (χ2v) is 4.91. The Bertz CT molecular complexity index is 544.